The van der Waals surface area contributed by atoms with Crippen molar-refractivity contribution >= 4 is 16.5 Å². The highest BCUT2D eigenvalue weighted by atomic mass is 32.1. The molecule has 0 unspecified atom stereocenters. The van der Waals surface area contributed by atoms with Gasteiger partial charge in [0.05, 0.1) is 6.54 Å². The van der Waals surface area contributed by atoms with E-state index in [0.29, 0.717) is 6.54 Å². The quantitative estimate of drug-likeness (QED) is 0.817. The second kappa shape index (κ2) is 5.18. The summed E-state index contributed by atoms with van der Waals surface area (Å²) in [6.45, 7) is 3.17. The van der Waals surface area contributed by atoms with Crippen LogP contribution in [0.4, 0.5) is 5.13 Å². The van der Waals surface area contributed by atoms with Crippen LogP contribution >= 0.6 is 11.3 Å². The smallest absolute Gasteiger partial charge is 0.316 e. The van der Waals surface area contributed by atoms with Gasteiger partial charge in [0, 0.05) is 37.1 Å². The molecule has 0 amide bonds. The number of hydrogen-bond acceptors (Lipinski definition) is 5. The van der Waals surface area contributed by atoms with Crippen molar-refractivity contribution in [1.29, 1.82) is 0 Å². The Hall–Kier alpha value is -1.89. The molecule has 2 rings (SSSR count). The van der Waals surface area contributed by atoms with Gasteiger partial charge in [-0.3, -0.25) is 9.59 Å². The van der Waals surface area contributed by atoms with Crippen molar-refractivity contribution in [2.24, 2.45) is 7.05 Å². The molecule has 0 bridgehead atoms. The standard InChI is InChI=1S/C11H14N4O2S/c1-3-12-11-13-6-8(18-11)7-15-5-4-14(2)9(16)10(15)17/h4-6H,3,7H2,1-2H3,(H,12,13). The number of hydrogen-bond donors (Lipinski definition) is 1. The summed E-state index contributed by atoms with van der Waals surface area (Å²) in [6, 6.07) is 0. The number of aryl methyl sites for hydroxylation is 1. The lowest BCUT2D eigenvalue weighted by Gasteiger charge is -2.03. The van der Waals surface area contributed by atoms with E-state index in [4.69, 9.17) is 0 Å². The molecular formula is C11H14N4O2S. The molecule has 7 heteroatoms. The zero-order valence-electron chi connectivity index (χ0n) is 10.2. The summed E-state index contributed by atoms with van der Waals surface area (Å²) in [5.41, 5.74) is -1.03. The summed E-state index contributed by atoms with van der Waals surface area (Å²) in [5.74, 6) is 0. The fraction of sp³-hybridized carbons (Fsp3) is 0.364. The van der Waals surface area contributed by atoms with Gasteiger partial charge in [0.1, 0.15) is 0 Å². The fourth-order valence-electron chi connectivity index (χ4n) is 1.50. The molecule has 6 nitrogen and oxygen atoms in total. The summed E-state index contributed by atoms with van der Waals surface area (Å²) in [5, 5.41) is 3.93. The second-order valence-electron chi connectivity index (χ2n) is 3.81. The molecule has 2 heterocycles. The lowest BCUT2D eigenvalue weighted by Crippen LogP contribution is -2.39. The Balaban J connectivity index is 2.26. The minimum atomic E-state index is -0.520. The largest absolute Gasteiger partial charge is 0.362 e. The minimum Gasteiger partial charge on any atom is -0.362 e. The van der Waals surface area contributed by atoms with Crippen LogP contribution < -0.4 is 16.4 Å². The van der Waals surface area contributed by atoms with Gasteiger partial charge in [0.2, 0.25) is 0 Å². The predicted molar refractivity (Wildman–Crippen MR) is 71.3 cm³/mol. The summed E-state index contributed by atoms with van der Waals surface area (Å²) in [4.78, 5) is 28.3. The maximum atomic E-state index is 11.7. The summed E-state index contributed by atoms with van der Waals surface area (Å²) >= 11 is 1.48. The second-order valence-corrected chi connectivity index (χ2v) is 4.92. The van der Waals surface area contributed by atoms with Crippen molar-refractivity contribution in [3.8, 4) is 0 Å². The molecule has 0 aliphatic heterocycles. The molecule has 0 radical (unpaired) electrons. The van der Waals surface area contributed by atoms with E-state index in [1.165, 1.54) is 20.5 Å². The maximum absolute atomic E-state index is 11.7. The van der Waals surface area contributed by atoms with Gasteiger partial charge < -0.3 is 14.5 Å². The van der Waals surface area contributed by atoms with Gasteiger partial charge in [-0.25, -0.2) is 4.98 Å². The van der Waals surface area contributed by atoms with Gasteiger partial charge in [-0.2, -0.15) is 0 Å². The van der Waals surface area contributed by atoms with Gasteiger partial charge >= 0.3 is 11.1 Å². The van der Waals surface area contributed by atoms with E-state index < -0.39 is 11.1 Å². The van der Waals surface area contributed by atoms with E-state index in [2.05, 4.69) is 10.3 Å². The lowest BCUT2D eigenvalue weighted by atomic mass is 10.5. The molecule has 2 aromatic rings. The Morgan fingerprint density at radius 1 is 1.33 bits per heavy atom. The van der Waals surface area contributed by atoms with Crippen LogP contribution in [0.3, 0.4) is 0 Å². The third-order valence-corrected chi connectivity index (χ3v) is 3.38. The van der Waals surface area contributed by atoms with Gasteiger partial charge in [-0.1, -0.05) is 0 Å². The van der Waals surface area contributed by atoms with Crippen molar-refractivity contribution in [2.75, 3.05) is 11.9 Å². The number of thiazole rings is 1. The van der Waals surface area contributed by atoms with E-state index >= 15 is 0 Å². The number of nitrogens with zero attached hydrogens (tertiary/aromatic N) is 3. The van der Waals surface area contributed by atoms with E-state index in [1.807, 2.05) is 6.92 Å². The summed E-state index contributed by atoms with van der Waals surface area (Å²) < 4.78 is 2.67. The molecule has 2 aromatic heterocycles. The van der Waals surface area contributed by atoms with Crippen LogP contribution in [0.25, 0.3) is 0 Å². The topological polar surface area (TPSA) is 68.9 Å². The zero-order chi connectivity index (χ0) is 13.1. The average Bonchev–Trinajstić information content (AvgIpc) is 2.78. The van der Waals surface area contributed by atoms with Crippen LogP contribution in [0.1, 0.15) is 11.8 Å². The molecule has 0 saturated carbocycles. The average molecular weight is 266 g/mol. The Morgan fingerprint density at radius 3 is 2.83 bits per heavy atom. The van der Waals surface area contributed by atoms with E-state index in [1.54, 1.807) is 25.6 Å². The van der Waals surface area contributed by atoms with E-state index in [0.717, 1.165) is 16.6 Å². The third-order valence-electron chi connectivity index (χ3n) is 2.44. The van der Waals surface area contributed by atoms with Crippen LogP contribution in [0.2, 0.25) is 0 Å². The summed E-state index contributed by atoms with van der Waals surface area (Å²) in [7, 11) is 1.56. The van der Waals surface area contributed by atoms with E-state index in [-0.39, 0.29) is 0 Å². The van der Waals surface area contributed by atoms with Crippen LogP contribution in [0.5, 0.6) is 0 Å². The molecule has 0 fully saturated rings. The van der Waals surface area contributed by atoms with Crippen molar-refractivity contribution in [2.45, 2.75) is 13.5 Å². The Morgan fingerprint density at radius 2 is 2.11 bits per heavy atom. The lowest BCUT2D eigenvalue weighted by molar-refractivity contribution is 0.700. The number of anilines is 1. The number of rotatable bonds is 4. The first-order valence-electron chi connectivity index (χ1n) is 5.56. The fourth-order valence-corrected chi connectivity index (χ4v) is 2.37. The summed E-state index contributed by atoms with van der Waals surface area (Å²) in [6.07, 6.45) is 4.90. The van der Waals surface area contributed by atoms with Gasteiger partial charge in [0.25, 0.3) is 0 Å². The number of aromatic nitrogens is 3. The minimum absolute atomic E-state index is 0.373. The van der Waals surface area contributed by atoms with Gasteiger partial charge in [-0.15, -0.1) is 11.3 Å². The molecule has 18 heavy (non-hydrogen) atoms. The highest BCUT2D eigenvalue weighted by Gasteiger charge is 2.06. The normalized spacial score (nSPS) is 10.6. The highest BCUT2D eigenvalue weighted by Crippen LogP contribution is 2.17. The highest BCUT2D eigenvalue weighted by molar-refractivity contribution is 7.15. The van der Waals surface area contributed by atoms with Crippen LogP contribution in [-0.2, 0) is 13.6 Å². The van der Waals surface area contributed by atoms with Crippen molar-refractivity contribution in [3.05, 3.63) is 44.2 Å². The zero-order valence-corrected chi connectivity index (χ0v) is 11.0. The van der Waals surface area contributed by atoms with Gasteiger partial charge in [-0.05, 0) is 6.92 Å². The first-order valence-corrected chi connectivity index (χ1v) is 6.38. The Bertz CT molecular complexity index is 656. The molecule has 0 saturated heterocycles. The van der Waals surface area contributed by atoms with Crippen molar-refractivity contribution in [1.82, 2.24) is 14.1 Å². The van der Waals surface area contributed by atoms with Crippen LogP contribution in [0.15, 0.2) is 28.2 Å². The van der Waals surface area contributed by atoms with Crippen LogP contribution in [0, 0.1) is 0 Å². The first kappa shape index (κ1) is 12.6. The van der Waals surface area contributed by atoms with E-state index in [9.17, 15) is 9.59 Å². The Kier molecular flexibility index (Phi) is 3.61. The molecule has 0 aliphatic rings. The molecule has 0 spiro atoms. The van der Waals surface area contributed by atoms with Gasteiger partial charge in [0.15, 0.2) is 5.13 Å². The molecule has 0 aliphatic carbocycles. The van der Waals surface area contributed by atoms with Crippen molar-refractivity contribution in [3.63, 3.8) is 0 Å². The third kappa shape index (κ3) is 2.51. The maximum Gasteiger partial charge on any atom is 0.316 e. The molecule has 96 valence electrons. The first-order chi connectivity index (χ1) is 8.61. The Labute approximate surface area is 108 Å². The molecule has 0 atom stereocenters. The van der Waals surface area contributed by atoms with Crippen molar-refractivity contribution < 1.29 is 0 Å². The predicted octanol–water partition coefficient (Wildman–Crippen LogP) is 0.484. The SMILES string of the molecule is CCNc1ncc(Cn2ccn(C)c(=O)c2=O)s1. The molecule has 0 aromatic carbocycles. The number of nitrogens with one attached hydrogen (secondary N) is 1. The molecule has 1 N–H and O–H groups in total. The van der Waals surface area contributed by atoms with Crippen LogP contribution in [-0.4, -0.2) is 20.7 Å². The monoisotopic (exact) mass is 266 g/mol. The molecular weight excluding hydrogens is 252 g/mol.